The number of ketones is 1. The van der Waals surface area contributed by atoms with E-state index in [-0.39, 0.29) is 5.57 Å². The van der Waals surface area contributed by atoms with Gasteiger partial charge in [0, 0.05) is 34.7 Å². The molecule has 1 aliphatic heterocycles. The van der Waals surface area contributed by atoms with Crippen molar-refractivity contribution in [2.75, 3.05) is 6.61 Å². The molecule has 0 spiro atoms. The van der Waals surface area contributed by atoms with Gasteiger partial charge in [0.1, 0.15) is 17.8 Å². The molecule has 4 aliphatic carbocycles. The fourth-order valence-corrected chi connectivity index (χ4v) is 8.43. The lowest BCUT2D eigenvalue weighted by atomic mass is 9.58. The highest BCUT2D eigenvalue weighted by Gasteiger charge is 2.93. The van der Waals surface area contributed by atoms with Crippen molar-refractivity contribution in [3.05, 3.63) is 23.3 Å². The Morgan fingerprint density at radius 1 is 1.25 bits per heavy atom. The van der Waals surface area contributed by atoms with Crippen LogP contribution in [0.15, 0.2) is 23.3 Å². The van der Waals surface area contributed by atoms with Crippen LogP contribution in [0.25, 0.3) is 0 Å². The molecule has 0 radical (unpaired) electrons. The van der Waals surface area contributed by atoms with Crippen molar-refractivity contribution < 1.29 is 49.0 Å². The summed E-state index contributed by atoms with van der Waals surface area (Å²) >= 11 is 0. The molecule has 4 fully saturated rings. The molecule has 10 nitrogen and oxygen atoms in total. The number of fused-ring (bicyclic) bond motifs is 7. The Bertz CT molecular complexity index is 1220. The van der Waals surface area contributed by atoms with Crippen molar-refractivity contribution in [2.45, 2.75) is 103 Å². The third kappa shape index (κ3) is 3.14. The second-order valence-corrected chi connectivity index (χ2v) is 13.3. The summed E-state index contributed by atoms with van der Waals surface area (Å²) in [6.45, 7) is 13.1. The summed E-state index contributed by atoms with van der Waals surface area (Å²) < 4.78 is 18.4. The summed E-state index contributed by atoms with van der Waals surface area (Å²) in [6, 6.07) is 0. The molecule has 12 unspecified atom stereocenters. The molecule has 1 saturated heterocycles. The predicted octanol–water partition coefficient (Wildman–Crippen LogP) is 1.23. The Hall–Kier alpha value is -2.11. The van der Waals surface area contributed by atoms with E-state index in [0.29, 0.717) is 12.0 Å². The van der Waals surface area contributed by atoms with Gasteiger partial charge >= 0.3 is 11.9 Å². The van der Waals surface area contributed by atoms with E-state index in [2.05, 4.69) is 0 Å². The minimum Gasteiger partial charge on any atom is -0.454 e. The topological polar surface area (TPSA) is 163 Å². The Morgan fingerprint density at radius 3 is 2.42 bits per heavy atom. The lowest BCUT2D eigenvalue weighted by Gasteiger charge is -2.53. The lowest BCUT2D eigenvalue weighted by Crippen LogP contribution is -2.69. The average Bonchev–Trinajstić information content (AvgIpc) is 3.75. The highest BCUT2D eigenvalue weighted by Crippen LogP contribution is 2.80. The first-order valence-electron chi connectivity index (χ1n) is 14.2. The van der Waals surface area contributed by atoms with E-state index in [4.69, 9.17) is 14.2 Å². The fourth-order valence-electron chi connectivity index (χ4n) is 8.43. The molecule has 12 atom stereocenters. The monoisotopic (exact) mass is 562 g/mol. The number of hydrogen-bond donors (Lipinski definition) is 4. The minimum absolute atomic E-state index is 0.159. The molecule has 1 heterocycles. The molecule has 4 N–H and O–H groups in total. The van der Waals surface area contributed by atoms with Gasteiger partial charge in [-0.05, 0) is 32.8 Å². The zero-order valence-electron chi connectivity index (χ0n) is 24.4. The Balaban J connectivity index is 1.74. The quantitative estimate of drug-likeness (QED) is 0.210. The van der Waals surface area contributed by atoms with Crippen molar-refractivity contribution in [3.63, 3.8) is 0 Å². The molecule has 222 valence electrons. The molecule has 0 aromatic carbocycles. The number of rotatable bonds is 6. The number of ether oxygens (including phenoxy) is 3. The molecule has 0 aromatic heterocycles. The van der Waals surface area contributed by atoms with E-state index in [1.165, 1.54) is 13.0 Å². The molecule has 0 aromatic rings. The van der Waals surface area contributed by atoms with Gasteiger partial charge in [-0.3, -0.25) is 9.59 Å². The molecule has 3 saturated carbocycles. The first kappa shape index (κ1) is 29.4. The second kappa shape index (κ2) is 8.70. The number of aliphatic hydroxyl groups excluding tert-OH is 2. The summed E-state index contributed by atoms with van der Waals surface area (Å²) in [7, 11) is 0. The predicted molar refractivity (Wildman–Crippen MR) is 140 cm³/mol. The SMILES string of the molecule is C/C=C(/C)C(=O)OC1C(C)C2(O)C(C3OC3(CO)C(O)C3(O)C(=O)C(C)=CC32)C2C(C)(C)C12OC(=O)C(C)CC. The molecule has 40 heavy (non-hydrogen) atoms. The van der Waals surface area contributed by atoms with Crippen molar-refractivity contribution in [1.82, 2.24) is 0 Å². The average molecular weight is 563 g/mol. The van der Waals surface area contributed by atoms with E-state index < -0.39 is 100 Å². The number of Topliss-reactive ketones (excluding diaryl/α,β-unsaturated/α-hetero) is 1. The van der Waals surface area contributed by atoms with Crippen molar-refractivity contribution in [2.24, 2.45) is 35.0 Å². The van der Waals surface area contributed by atoms with Gasteiger partial charge in [-0.2, -0.15) is 0 Å². The van der Waals surface area contributed by atoms with Crippen LogP contribution in [0.4, 0.5) is 0 Å². The normalized spacial score (nSPS) is 48.9. The summed E-state index contributed by atoms with van der Waals surface area (Å²) in [5.41, 5.74) is -7.88. The van der Waals surface area contributed by atoms with Gasteiger partial charge in [0.05, 0.1) is 24.2 Å². The van der Waals surface area contributed by atoms with Crippen LogP contribution in [0.3, 0.4) is 0 Å². The number of epoxide rings is 1. The fraction of sp³-hybridized carbons (Fsp3) is 0.767. The number of hydrogen-bond acceptors (Lipinski definition) is 10. The van der Waals surface area contributed by atoms with E-state index in [0.717, 1.165) is 0 Å². The van der Waals surface area contributed by atoms with Gasteiger partial charge in [-0.15, -0.1) is 0 Å². The first-order chi connectivity index (χ1) is 18.5. The van der Waals surface area contributed by atoms with Crippen LogP contribution in [0.5, 0.6) is 0 Å². The third-order valence-electron chi connectivity index (χ3n) is 11.3. The summed E-state index contributed by atoms with van der Waals surface area (Å²) in [6.07, 6.45) is -0.370. The number of carbonyl (C=O) groups excluding carboxylic acids is 3. The minimum atomic E-state index is -2.49. The van der Waals surface area contributed by atoms with E-state index in [1.807, 2.05) is 20.8 Å². The van der Waals surface area contributed by atoms with Crippen LogP contribution in [0.2, 0.25) is 0 Å². The lowest BCUT2D eigenvalue weighted by molar-refractivity contribution is -0.245. The highest BCUT2D eigenvalue weighted by molar-refractivity contribution is 6.05. The maximum atomic E-state index is 13.4. The summed E-state index contributed by atoms with van der Waals surface area (Å²) in [4.78, 5) is 39.9. The molecule has 5 rings (SSSR count). The highest BCUT2D eigenvalue weighted by atomic mass is 16.6. The van der Waals surface area contributed by atoms with Crippen LogP contribution in [-0.4, -0.2) is 85.5 Å². The van der Waals surface area contributed by atoms with Crippen molar-refractivity contribution in [3.8, 4) is 0 Å². The second-order valence-electron chi connectivity index (χ2n) is 13.3. The molecule has 5 aliphatic rings. The van der Waals surface area contributed by atoms with Crippen LogP contribution in [-0.2, 0) is 28.6 Å². The smallest absolute Gasteiger partial charge is 0.333 e. The van der Waals surface area contributed by atoms with Crippen molar-refractivity contribution in [1.29, 1.82) is 0 Å². The van der Waals surface area contributed by atoms with Gasteiger partial charge in [0.25, 0.3) is 0 Å². The number of allylic oxidation sites excluding steroid dienone is 1. The Labute approximate surface area is 234 Å². The number of esters is 2. The maximum absolute atomic E-state index is 13.4. The summed E-state index contributed by atoms with van der Waals surface area (Å²) in [5, 5.41) is 46.8. The standard InChI is InChI=1S/C30H42O10/c1-9-13(3)23(33)38-21-16(6)28(36)17-11-15(5)20(32)29(17,37)25(35)27(12-31)22(39-27)18(28)19-26(7,8)30(19,21)40-24(34)14(4)10-2/h9,11,14,16-19,21-22,25,31,35-37H,10,12H2,1-8H3/b13-9-. The number of carbonyl (C=O) groups is 3. The number of aliphatic hydroxyl groups is 4. The van der Waals surface area contributed by atoms with Crippen LogP contribution >= 0.6 is 0 Å². The van der Waals surface area contributed by atoms with E-state index in [1.54, 1.807) is 33.8 Å². The molecular formula is C30H42O10. The van der Waals surface area contributed by atoms with E-state index in [9.17, 15) is 34.8 Å². The Morgan fingerprint density at radius 2 is 1.88 bits per heavy atom. The zero-order chi connectivity index (χ0) is 30.0. The zero-order valence-corrected chi connectivity index (χ0v) is 24.4. The third-order valence-corrected chi connectivity index (χ3v) is 11.3. The van der Waals surface area contributed by atoms with Crippen LogP contribution in [0.1, 0.15) is 61.8 Å². The molecule has 10 heteroatoms. The van der Waals surface area contributed by atoms with Crippen molar-refractivity contribution >= 4 is 17.7 Å². The van der Waals surface area contributed by atoms with Gasteiger partial charge in [0.15, 0.2) is 17.0 Å². The molecule has 0 amide bonds. The van der Waals surface area contributed by atoms with E-state index >= 15 is 0 Å². The van der Waals surface area contributed by atoms with Crippen LogP contribution in [0, 0.1) is 35.0 Å². The van der Waals surface area contributed by atoms with Crippen LogP contribution < -0.4 is 0 Å². The van der Waals surface area contributed by atoms with Gasteiger partial charge in [0.2, 0.25) is 0 Å². The summed E-state index contributed by atoms with van der Waals surface area (Å²) in [5.74, 6) is -6.16. The van der Waals surface area contributed by atoms with Gasteiger partial charge in [-0.25, -0.2) is 4.79 Å². The molecular weight excluding hydrogens is 520 g/mol. The first-order valence-corrected chi connectivity index (χ1v) is 14.2. The van der Waals surface area contributed by atoms with Gasteiger partial charge < -0.3 is 34.6 Å². The molecule has 0 bridgehead atoms. The van der Waals surface area contributed by atoms with Gasteiger partial charge in [-0.1, -0.05) is 46.8 Å². The Kier molecular flexibility index (Phi) is 6.39. The largest absolute Gasteiger partial charge is 0.454 e. The maximum Gasteiger partial charge on any atom is 0.333 e.